The highest BCUT2D eigenvalue weighted by molar-refractivity contribution is 5.97. The molecule has 4 heteroatoms. The highest BCUT2D eigenvalue weighted by atomic mass is 16.5. The van der Waals surface area contributed by atoms with Crippen molar-refractivity contribution >= 4 is 11.7 Å². The van der Waals surface area contributed by atoms with E-state index in [1.165, 1.54) is 6.92 Å². The summed E-state index contributed by atoms with van der Waals surface area (Å²) < 4.78 is 5.55. The summed E-state index contributed by atoms with van der Waals surface area (Å²) in [6.45, 7) is 3.88. The van der Waals surface area contributed by atoms with E-state index in [4.69, 9.17) is 4.74 Å². The Labute approximate surface area is 107 Å². The van der Waals surface area contributed by atoms with Crippen LogP contribution in [0.15, 0.2) is 18.2 Å². The van der Waals surface area contributed by atoms with Gasteiger partial charge in [0.05, 0.1) is 12.2 Å². The van der Waals surface area contributed by atoms with E-state index in [1.807, 2.05) is 19.1 Å². The van der Waals surface area contributed by atoms with Gasteiger partial charge in [0.1, 0.15) is 5.75 Å². The summed E-state index contributed by atoms with van der Waals surface area (Å²) in [7, 11) is 1.61. The molecule has 1 amide bonds. The fraction of sp³-hybridized carbons (Fsp3) is 0.429. The summed E-state index contributed by atoms with van der Waals surface area (Å²) in [5, 5.41) is 2.55. The van der Waals surface area contributed by atoms with E-state index in [-0.39, 0.29) is 11.7 Å². The summed E-state index contributed by atoms with van der Waals surface area (Å²) in [6, 6.07) is 5.52. The molecule has 0 aromatic heterocycles. The topological polar surface area (TPSA) is 55.4 Å². The minimum absolute atomic E-state index is 0.00528. The molecule has 0 fully saturated rings. The Morgan fingerprint density at radius 2 is 2.06 bits per heavy atom. The number of ketones is 1. The zero-order chi connectivity index (χ0) is 13.5. The molecule has 0 radical (unpaired) electrons. The van der Waals surface area contributed by atoms with Crippen molar-refractivity contribution in [3.8, 4) is 5.75 Å². The predicted octanol–water partition coefficient (Wildman–Crippen LogP) is 2.10. The SMILES string of the molecule is CNC(=O)CCCOc1ccc(C)cc1C(C)=O. The molecule has 1 rings (SSSR count). The van der Waals surface area contributed by atoms with Gasteiger partial charge in [-0.15, -0.1) is 0 Å². The third-order valence-electron chi connectivity index (χ3n) is 2.60. The number of carbonyl (C=O) groups is 2. The van der Waals surface area contributed by atoms with Crippen molar-refractivity contribution < 1.29 is 14.3 Å². The van der Waals surface area contributed by atoms with E-state index in [9.17, 15) is 9.59 Å². The van der Waals surface area contributed by atoms with Crippen LogP contribution >= 0.6 is 0 Å². The third kappa shape index (κ3) is 4.20. The van der Waals surface area contributed by atoms with E-state index >= 15 is 0 Å². The monoisotopic (exact) mass is 249 g/mol. The van der Waals surface area contributed by atoms with Gasteiger partial charge in [-0.2, -0.15) is 0 Å². The molecule has 0 atom stereocenters. The normalized spacial score (nSPS) is 9.94. The predicted molar refractivity (Wildman–Crippen MR) is 70.0 cm³/mol. The minimum Gasteiger partial charge on any atom is -0.493 e. The van der Waals surface area contributed by atoms with E-state index in [0.29, 0.717) is 30.8 Å². The van der Waals surface area contributed by atoms with Crippen molar-refractivity contribution in [3.05, 3.63) is 29.3 Å². The van der Waals surface area contributed by atoms with Crippen molar-refractivity contribution in [1.82, 2.24) is 5.32 Å². The average molecular weight is 249 g/mol. The molecule has 0 heterocycles. The maximum Gasteiger partial charge on any atom is 0.219 e. The van der Waals surface area contributed by atoms with Crippen LogP contribution in [0.25, 0.3) is 0 Å². The molecule has 98 valence electrons. The average Bonchev–Trinajstić information content (AvgIpc) is 2.35. The molecule has 0 unspecified atom stereocenters. The van der Waals surface area contributed by atoms with Crippen molar-refractivity contribution in [2.45, 2.75) is 26.7 Å². The molecule has 1 N–H and O–H groups in total. The number of nitrogens with one attached hydrogen (secondary N) is 1. The second kappa shape index (κ2) is 6.79. The number of aryl methyl sites for hydroxylation is 1. The first-order chi connectivity index (χ1) is 8.54. The molecule has 0 spiro atoms. The molecule has 0 aliphatic rings. The van der Waals surface area contributed by atoms with E-state index < -0.39 is 0 Å². The Morgan fingerprint density at radius 3 is 2.67 bits per heavy atom. The number of amides is 1. The molecule has 0 saturated heterocycles. The summed E-state index contributed by atoms with van der Waals surface area (Å²) in [5.41, 5.74) is 1.62. The zero-order valence-corrected chi connectivity index (χ0v) is 11.1. The Balaban J connectivity index is 2.56. The fourth-order valence-electron chi connectivity index (χ4n) is 1.58. The number of Topliss-reactive ketones (excluding diaryl/α,β-unsaturated/α-hetero) is 1. The summed E-state index contributed by atoms with van der Waals surface area (Å²) in [5.74, 6) is 0.569. The Hall–Kier alpha value is -1.84. The van der Waals surface area contributed by atoms with Crippen LogP contribution in [0.2, 0.25) is 0 Å². The number of rotatable bonds is 6. The van der Waals surface area contributed by atoms with Crippen molar-refractivity contribution in [2.75, 3.05) is 13.7 Å². The van der Waals surface area contributed by atoms with E-state index in [1.54, 1.807) is 13.1 Å². The van der Waals surface area contributed by atoms with Crippen LogP contribution in [0.1, 0.15) is 35.7 Å². The standard InChI is InChI=1S/C14H19NO3/c1-10-6-7-13(12(9-10)11(2)16)18-8-4-5-14(17)15-3/h6-7,9H,4-5,8H2,1-3H3,(H,15,17). The van der Waals surface area contributed by atoms with Gasteiger partial charge >= 0.3 is 0 Å². The number of ether oxygens (including phenoxy) is 1. The smallest absolute Gasteiger partial charge is 0.219 e. The summed E-state index contributed by atoms with van der Waals surface area (Å²) in [6.07, 6.45) is 1.06. The van der Waals surface area contributed by atoms with E-state index in [2.05, 4.69) is 5.32 Å². The maximum absolute atomic E-state index is 11.5. The lowest BCUT2D eigenvalue weighted by Crippen LogP contribution is -2.18. The van der Waals surface area contributed by atoms with Crippen LogP contribution in [0.4, 0.5) is 0 Å². The first kappa shape index (κ1) is 14.2. The maximum atomic E-state index is 11.5. The molecular formula is C14H19NO3. The van der Waals surface area contributed by atoms with Crippen LogP contribution < -0.4 is 10.1 Å². The second-order valence-electron chi connectivity index (χ2n) is 4.18. The Kier molecular flexibility index (Phi) is 5.36. The van der Waals surface area contributed by atoms with Gasteiger partial charge in [-0.05, 0) is 32.4 Å². The van der Waals surface area contributed by atoms with Crippen LogP contribution in [-0.2, 0) is 4.79 Å². The van der Waals surface area contributed by atoms with Crippen molar-refractivity contribution in [3.63, 3.8) is 0 Å². The second-order valence-corrected chi connectivity index (χ2v) is 4.18. The van der Waals surface area contributed by atoms with Gasteiger partial charge in [-0.25, -0.2) is 0 Å². The summed E-state index contributed by atoms with van der Waals surface area (Å²) in [4.78, 5) is 22.5. The highest BCUT2D eigenvalue weighted by Gasteiger charge is 2.08. The molecule has 4 nitrogen and oxygen atoms in total. The molecule has 0 aliphatic carbocycles. The molecule has 18 heavy (non-hydrogen) atoms. The van der Waals surface area contributed by atoms with Crippen molar-refractivity contribution in [1.29, 1.82) is 0 Å². The van der Waals surface area contributed by atoms with Crippen LogP contribution in [-0.4, -0.2) is 25.3 Å². The fourth-order valence-corrected chi connectivity index (χ4v) is 1.58. The van der Waals surface area contributed by atoms with Crippen molar-refractivity contribution in [2.24, 2.45) is 0 Å². The lowest BCUT2D eigenvalue weighted by Gasteiger charge is -2.10. The number of hydrogen-bond acceptors (Lipinski definition) is 3. The molecule has 1 aromatic rings. The lowest BCUT2D eigenvalue weighted by molar-refractivity contribution is -0.120. The Morgan fingerprint density at radius 1 is 1.33 bits per heavy atom. The first-order valence-corrected chi connectivity index (χ1v) is 5.99. The quantitative estimate of drug-likeness (QED) is 0.620. The van der Waals surface area contributed by atoms with Gasteiger partial charge in [0.15, 0.2) is 5.78 Å². The van der Waals surface area contributed by atoms with Gasteiger partial charge in [-0.1, -0.05) is 11.6 Å². The molecule has 1 aromatic carbocycles. The van der Waals surface area contributed by atoms with E-state index in [0.717, 1.165) is 5.56 Å². The minimum atomic E-state index is -0.0139. The molecule has 0 bridgehead atoms. The number of carbonyl (C=O) groups excluding carboxylic acids is 2. The van der Waals surface area contributed by atoms with Gasteiger partial charge in [0.25, 0.3) is 0 Å². The third-order valence-corrected chi connectivity index (χ3v) is 2.60. The molecule has 0 saturated carbocycles. The zero-order valence-electron chi connectivity index (χ0n) is 11.1. The first-order valence-electron chi connectivity index (χ1n) is 5.99. The summed E-state index contributed by atoms with van der Waals surface area (Å²) >= 11 is 0. The van der Waals surface area contributed by atoms with Gasteiger partial charge in [0, 0.05) is 13.5 Å². The van der Waals surface area contributed by atoms with Gasteiger partial charge < -0.3 is 10.1 Å². The molecule has 0 aliphatic heterocycles. The Bertz CT molecular complexity index is 441. The van der Waals surface area contributed by atoms with Crippen LogP contribution in [0.3, 0.4) is 0 Å². The number of benzene rings is 1. The van der Waals surface area contributed by atoms with Crippen LogP contribution in [0, 0.1) is 6.92 Å². The highest BCUT2D eigenvalue weighted by Crippen LogP contribution is 2.20. The van der Waals surface area contributed by atoms with Crippen LogP contribution in [0.5, 0.6) is 5.75 Å². The van der Waals surface area contributed by atoms with Gasteiger partial charge in [0.2, 0.25) is 5.91 Å². The lowest BCUT2D eigenvalue weighted by atomic mass is 10.1. The van der Waals surface area contributed by atoms with Gasteiger partial charge in [-0.3, -0.25) is 9.59 Å². The number of hydrogen-bond donors (Lipinski definition) is 1. The molecular weight excluding hydrogens is 230 g/mol. The largest absolute Gasteiger partial charge is 0.493 e.